The van der Waals surface area contributed by atoms with E-state index in [1.54, 1.807) is 23.7 Å². The molecular formula is C22H25N5OS. The van der Waals surface area contributed by atoms with Gasteiger partial charge < -0.3 is 9.80 Å². The summed E-state index contributed by atoms with van der Waals surface area (Å²) in [4.78, 5) is 30.5. The van der Waals surface area contributed by atoms with Crippen LogP contribution in [0.5, 0.6) is 0 Å². The van der Waals surface area contributed by atoms with E-state index in [-0.39, 0.29) is 11.8 Å². The fourth-order valence-corrected chi connectivity index (χ4v) is 4.43. The van der Waals surface area contributed by atoms with Crippen molar-refractivity contribution in [3.63, 3.8) is 0 Å². The molecule has 0 spiro atoms. The molecule has 6 nitrogen and oxygen atoms in total. The first kappa shape index (κ1) is 19.5. The molecule has 1 atom stereocenters. The number of amides is 1. The first-order chi connectivity index (χ1) is 14.2. The molecule has 0 bridgehead atoms. The van der Waals surface area contributed by atoms with Crippen LogP contribution in [-0.2, 0) is 17.6 Å². The summed E-state index contributed by atoms with van der Waals surface area (Å²) in [5.74, 6) is 0.435. The second-order valence-electron chi connectivity index (χ2n) is 7.42. The Bertz CT molecular complexity index is 931. The van der Waals surface area contributed by atoms with E-state index in [1.165, 1.54) is 5.69 Å². The van der Waals surface area contributed by atoms with Gasteiger partial charge >= 0.3 is 0 Å². The Hall–Kier alpha value is -2.80. The summed E-state index contributed by atoms with van der Waals surface area (Å²) < 4.78 is 0. The van der Waals surface area contributed by atoms with Gasteiger partial charge in [0.2, 0.25) is 5.91 Å². The van der Waals surface area contributed by atoms with Crippen molar-refractivity contribution in [1.82, 2.24) is 19.9 Å². The molecule has 1 fully saturated rings. The van der Waals surface area contributed by atoms with Crippen LogP contribution in [0, 0.1) is 12.8 Å². The summed E-state index contributed by atoms with van der Waals surface area (Å²) in [5.41, 5.74) is 3.03. The Labute approximate surface area is 175 Å². The molecule has 3 aromatic rings. The fraction of sp³-hybridized carbons (Fsp3) is 0.364. The van der Waals surface area contributed by atoms with Crippen LogP contribution in [0.2, 0.25) is 0 Å². The van der Waals surface area contributed by atoms with Crippen LogP contribution < -0.4 is 4.90 Å². The molecule has 1 amide bonds. The second-order valence-corrected chi connectivity index (χ2v) is 8.49. The van der Waals surface area contributed by atoms with Crippen molar-refractivity contribution in [2.24, 2.45) is 5.92 Å². The standard InChI is InChI=1S/C22H25N5OS/c1-17-25-20(16-29-17)12-22(28)27-10-9-26(21-5-3-2-4-6-21)14-18(15-27)11-19-13-23-7-8-24-19/h2-8,13,16,18H,9-12,14-15H2,1H3/t18-/m0/s1. The topological polar surface area (TPSA) is 62.2 Å². The van der Waals surface area contributed by atoms with Gasteiger partial charge in [0.25, 0.3) is 0 Å². The third kappa shape index (κ3) is 5.17. The van der Waals surface area contributed by atoms with Gasteiger partial charge in [0, 0.05) is 55.8 Å². The van der Waals surface area contributed by atoms with Crippen LogP contribution in [0.3, 0.4) is 0 Å². The Morgan fingerprint density at radius 3 is 2.72 bits per heavy atom. The largest absolute Gasteiger partial charge is 0.369 e. The number of rotatable bonds is 5. The van der Waals surface area contributed by atoms with Gasteiger partial charge in [0.1, 0.15) is 0 Å². The van der Waals surface area contributed by atoms with Crippen LogP contribution >= 0.6 is 11.3 Å². The minimum atomic E-state index is 0.148. The van der Waals surface area contributed by atoms with Crippen molar-refractivity contribution in [3.05, 3.63) is 70.7 Å². The van der Waals surface area contributed by atoms with Gasteiger partial charge in [-0.1, -0.05) is 18.2 Å². The van der Waals surface area contributed by atoms with Gasteiger partial charge in [-0.25, -0.2) is 4.98 Å². The van der Waals surface area contributed by atoms with E-state index in [4.69, 9.17) is 0 Å². The monoisotopic (exact) mass is 407 g/mol. The van der Waals surface area contributed by atoms with Crippen LogP contribution in [0.15, 0.2) is 54.3 Å². The number of thiazole rings is 1. The number of carbonyl (C=O) groups excluding carboxylic acids is 1. The van der Waals surface area contributed by atoms with E-state index in [1.807, 2.05) is 29.5 Å². The average molecular weight is 408 g/mol. The Kier molecular flexibility index (Phi) is 6.14. The molecule has 1 aromatic carbocycles. The SMILES string of the molecule is Cc1nc(CC(=O)N2CCN(c3ccccc3)C[C@H](Cc3cnccn3)C2)cs1. The number of benzene rings is 1. The third-order valence-electron chi connectivity index (χ3n) is 5.18. The normalized spacial score (nSPS) is 17.2. The van der Waals surface area contributed by atoms with Crippen molar-refractivity contribution in [3.8, 4) is 0 Å². The molecule has 7 heteroatoms. The first-order valence-corrected chi connectivity index (χ1v) is 10.8. The number of hydrogen-bond acceptors (Lipinski definition) is 6. The number of anilines is 1. The van der Waals surface area contributed by atoms with Gasteiger partial charge in [-0.2, -0.15) is 0 Å². The van der Waals surface area contributed by atoms with Crippen molar-refractivity contribution < 1.29 is 4.79 Å². The molecule has 150 valence electrons. The predicted molar refractivity (Wildman–Crippen MR) is 115 cm³/mol. The highest BCUT2D eigenvalue weighted by Gasteiger charge is 2.27. The van der Waals surface area contributed by atoms with Gasteiger partial charge in [-0.15, -0.1) is 11.3 Å². The fourth-order valence-electron chi connectivity index (χ4n) is 3.82. The van der Waals surface area contributed by atoms with E-state index < -0.39 is 0 Å². The lowest BCUT2D eigenvalue weighted by Crippen LogP contribution is -2.37. The van der Waals surface area contributed by atoms with Crippen LogP contribution in [0.1, 0.15) is 16.4 Å². The maximum Gasteiger partial charge on any atom is 0.228 e. The summed E-state index contributed by atoms with van der Waals surface area (Å²) in [6, 6.07) is 10.4. The number of carbonyl (C=O) groups is 1. The summed E-state index contributed by atoms with van der Waals surface area (Å²) >= 11 is 1.59. The Morgan fingerprint density at radius 1 is 1.14 bits per heavy atom. The van der Waals surface area contributed by atoms with E-state index in [0.29, 0.717) is 13.0 Å². The highest BCUT2D eigenvalue weighted by Crippen LogP contribution is 2.21. The molecule has 0 unspecified atom stereocenters. The number of para-hydroxylation sites is 1. The molecule has 0 N–H and O–H groups in total. The number of aromatic nitrogens is 3. The van der Waals surface area contributed by atoms with Gasteiger partial charge in [-0.3, -0.25) is 14.8 Å². The predicted octanol–water partition coefficient (Wildman–Crippen LogP) is 2.99. The number of nitrogens with zero attached hydrogens (tertiary/aromatic N) is 5. The summed E-state index contributed by atoms with van der Waals surface area (Å²) in [5, 5.41) is 2.98. The lowest BCUT2D eigenvalue weighted by Gasteiger charge is -2.25. The van der Waals surface area contributed by atoms with E-state index >= 15 is 0 Å². The van der Waals surface area contributed by atoms with E-state index in [2.05, 4.69) is 44.1 Å². The zero-order chi connectivity index (χ0) is 20.1. The molecule has 0 aliphatic carbocycles. The van der Waals surface area contributed by atoms with Crippen molar-refractivity contribution >= 4 is 22.9 Å². The lowest BCUT2D eigenvalue weighted by molar-refractivity contribution is -0.130. The maximum absolute atomic E-state index is 13.0. The Balaban J connectivity index is 1.51. The quantitative estimate of drug-likeness (QED) is 0.651. The lowest BCUT2D eigenvalue weighted by atomic mass is 10.0. The molecule has 1 aliphatic heterocycles. The zero-order valence-corrected chi connectivity index (χ0v) is 17.4. The van der Waals surface area contributed by atoms with Crippen molar-refractivity contribution in [2.75, 3.05) is 31.1 Å². The summed E-state index contributed by atoms with van der Waals surface area (Å²) in [7, 11) is 0. The highest BCUT2D eigenvalue weighted by molar-refractivity contribution is 7.09. The number of aryl methyl sites for hydroxylation is 1. The zero-order valence-electron chi connectivity index (χ0n) is 16.6. The molecule has 2 aromatic heterocycles. The van der Waals surface area contributed by atoms with Crippen molar-refractivity contribution in [2.45, 2.75) is 19.8 Å². The molecule has 29 heavy (non-hydrogen) atoms. The molecule has 4 rings (SSSR count). The van der Waals surface area contributed by atoms with Crippen LogP contribution in [0.25, 0.3) is 0 Å². The summed E-state index contributed by atoms with van der Waals surface area (Å²) in [6.45, 7) is 5.12. The molecular weight excluding hydrogens is 382 g/mol. The Morgan fingerprint density at radius 2 is 2.00 bits per heavy atom. The van der Waals surface area contributed by atoms with Gasteiger partial charge in [0.15, 0.2) is 0 Å². The second kappa shape index (κ2) is 9.13. The van der Waals surface area contributed by atoms with Crippen LogP contribution in [-0.4, -0.2) is 51.9 Å². The maximum atomic E-state index is 13.0. The summed E-state index contributed by atoms with van der Waals surface area (Å²) in [6.07, 6.45) is 6.42. The van der Waals surface area contributed by atoms with Gasteiger partial charge in [0.05, 0.1) is 22.8 Å². The first-order valence-electron chi connectivity index (χ1n) is 9.91. The minimum Gasteiger partial charge on any atom is -0.369 e. The molecule has 0 saturated carbocycles. The molecule has 1 aliphatic rings. The van der Waals surface area contributed by atoms with Gasteiger partial charge in [-0.05, 0) is 31.4 Å². The number of hydrogen-bond donors (Lipinski definition) is 0. The molecule has 1 saturated heterocycles. The van der Waals surface area contributed by atoms with Crippen LogP contribution in [0.4, 0.5) is 5.69 Å². The highest BCUT2D eigenvalue weighted by atomic mass is 32.1. The van der Waals surface area contributed by atoms with E-state index in [9.17, 15) is 4.79 Å². The average Bonchev–Trinajstić information content (AvgIpc) is 3.03. The minimum absolute atomic E-state index is 0.148. The third-order valence-corrected chi connectivity index (χ3v) is 6.01. The molecule has 3 heterocycles. The van der Waals surface area contributed by atoms with E-state index in [0.717, 1.165) is 42.5 Å². The molecule has 0 radical (unpaired) electrons. The smallest absolute Gasteiger partial charge is 0.228 e. The van der Waals surface area contributed by atoms with Crippen molar-refractivity contribution in [1.29, 1.82) is 0 Å².